The summed E-state index contributed by atoms with van der Waals surface area (Å²) in [4.78, 5) is 5.44. The molecule has 0 aromatic heterocycles. The normalized spacial score (nSPS) is 33.6. The molecule has 2 atom stereocenters. The molecule has 3 fully saturated rings. The van der Waals surface area contributed by atoms with Crippen LogP contribution in [0.5, 0.6) is 0 Å². The van der Waals surface area contributed by atoms with E-state index >= 15 is 0 Å². The summed E-state index contributed by atoms with van der Waals surface area (Å²) in [6.45, 7) is 11.4. The van der Waals surface area contributed by atoms with Gasteiger partial charge in [-0.25, -0.2) is 0 Å². The Kier molecular flexibility index (Phi) is 5.96. The molecule has 0 N–H and O–H groups in total. The lowest BCUT2D eigenvalue weighted by Crippen LogP contribution is -2.43. The topological polar surface area (TPSA) is 15.7 Å². The molecule has 0 aromatic rings. The van der Waals surface area contributed by atoms with Crippen molar-refractivity contribution >= 4 is 0 Å². The fourth-order valence-corrected chi connectivity index (χ4v) is 4.31. The Morgan fingerprint density at radius 3 is 2.57 bits per heavy atom. The first-order valence-electron chi connectivity index (χ1n) is 9.36. The monoisotopic (exact) mass is 294 g/mol. The van der Waals surface area contributed by atoms with Crippen molar-refractivity contribution < 1.29 is 4.74 Å². The lowest BCUT2D eigenvalue weighted by atomic mass is 9.94. The summed E-state index contributed by atoms with van der Waals surface area (Å²) < 4.78 is 5.77. The van der Waals surface area contributed by atoms with Crippen LogP contribution in [0.1, 0.15) is 51.9 Å². The Labute approximate surface area is 131 Å². The van der Waals surface area contributed by atoms with Gasteiger partial charge in [0.15, 0.2) is 0 Å². The van der Waals surface area contributed by atoms with E-state index in [0.29, 0.717) is 6.10 Å². The Hall–Kier alpha value is -0.120. The number of likely N-dealkylation sites (tertiary alicyclic amines) is 2. The molecule has 3 heteroatoms. The largest absolute Gasteiger partial charge is 0.378 e. The summed E-state index contributed by atoms with van der Waals surface area (Å²) in [7, 11) is 0. The van der Waals surface area contributed by atoms with Crippen LogP contribution in [-0.2, 0) is 4.74 Å². The predicted octanol–water partition coefficient (Wildman–Crippen LogP) is 3.00. The second-order valence-electron chi connectivity index (χ2n) is 7.72. The molecule has 3 rings (SSSR count). The second-order valence-corrected chi connectivity index (χ2v) is 7.72. The van der Waals surface area contributed by atoms with Gasteiger partial charge in [0.25, 0.3) is 0 Å². The molecule has 0 saturated carbocycles. The molecule has 0 amide bonds. The van der Waals surface area contributed by atoms with Crippen molar-refractivity contribution in [3.8, 4) is 0 Å². The number of hydrogen-bond donors (Lipinski definition) is 0. The third-order valence-corrected chi connectivity index (χ3v) is 5.79. The molecule has 3 aliphatic heterocycles. The standard InChI is InChI=1S/C18H34N2O/c1-16-6-10-20(11-7-16)15-17-4-2-9-19(14-17)12-8-18-5-3-13-21-18/h16-18H,2-15H2,1H3. The van der Waals surface area contributed by atoms with E-state index in [0.717, 1.165) is 18.4 Å². The molecule has 21 heavy (non-hydrogen) atoms. The maximum atomic E-state index is 5.77. The minimum Gasteiger partial charge on any atom is -0.378 e. The lowest BCUT2D eigenvalue weighted by molar-refractivity contribution is 0.0748. The van der Waals surface area contributed by atoms with Gasteiger partial charge in [0, 0.05) is 26.2 Å². The number of hydrogen-bond acceptors (Lipinski definition) is 3. The molecule has 3 heterocycles. The average Bonchev–Trinajstić information content (AvgIpc) is 3.01. The zero-order valence-corrected chi connectivity index (χ0v) is 13.9. The third kappa shape index (κ3) is 4.94. The average molecular weight is 294 g/mol. The van der Waals surface area contributed by atoms with Gasteiger partial charge in [0.2, 0.25) is 0 Å². The molecule has 3 saturated heterocycles. The Morgan fingerprint density at radius 1 is 0.952 bits per heavy atom. The predicted molar refractivity (Wildman–Crippen MR) is 87.6 cm³/mol. The summed E-state index contributed by atoms with van der Waals surface area (Å²) >= 11 is 0. The highest BCUT2D eigenvalue weighted by Gasteiger charge is 2.25. The van der Waals surface area contributed by atoms with E-state index in [1.807, 2.05) is 0 Å². The first-order valence-corrected chi connectivity index (χ1v) is 9.36. The molecule has 0 radical (unpaired) electrons. The van der Waals surface area contributed by atoms with Crippen molar-refractivity contribution in [2.45, 2.75) is 58.0 Å². The van der Waals surface area contributed by atoms with Gasteiger partial charge in [0.05, 0.1) is 6.10 Å². The highest BCUT2D eigenvalue weighted by molar-refractivity contribution is 4.79. The van der Waals surface area contributed by atoms with E-state index in [2.05, 4.69) is 16.7 Å². The van der Waals surface area contributed by atoms with Crippen LogP contribution in [0, 0.1) is 11.8 Å². The van der Waals surface area contributed by atoms with Crippen LogP contribution in [0.15, 0.2) is 0 Å². The van der Waals surface area contributed by atoms with Gasteiger partial charge >= 0.3 is 0 Å². The quantitative estimate of drug-likeness (QED) is 0.775. The smallest absolute Gasteiger partial charge is 0.0588 e. The molecule has 0 aromatic carbocycles. The lowest BCUT2D eigenvalue weighted by Gasteiger charge is -2.38. The van der Waals surface area contributed by atoms with Crippen LogP contribution in [0.2, 0.25) is 0 Å². The number of rotatable bonds is 5. The summed E-state index contributed by atoms with van der Waals surface area (Å²) in [5.41, 5.74) is 0. The van der Waals surface area contributed by atoms with Crippen LogP contribution in [0.25, 0.3) is 0 Å². The van der Waals surface area contributed by atoms with Gasteiger partial charge in [0.1, 0.15) is 0 Å². The van der Waals surface area contributed by atoms with Gasteiger partial charge in [-0.15, -0.1) is 0 Å². The van der Waals surface area contributed by atoms with Crippen LogP contribution < -0.4 is 0 Å². The van der Waals surface area contributed by atoms with Crippen LogP contribution in [0.3, 0.4) is 0 Å². The van der Waals surface area contributed by atoms with Crippen molar-refractivity contribution in [1.29, 1.82) is 0 Å². The van der Waals surface area contributed by atoms with Gasteiger partial charge in [-0.05, 0) is 76.4 Å². The SMILES string of the molecule is CC1CCN(CC2CCCN(CCC3CCCO3)C2)CC1. The second kappa shape index (κ2) is 7.94. The van der Waals surface area contributed by atoms with Crippen LogP contribution in [-0.4, -0.2) is 61.8 Å². The maximum Gasteiger partial charge on any atom is 0.0588 e. The fraction of sp³-hybridized carbons (Fsp3) is 1.00. The molecule has 3 aliphatic rings. The zero-order valence-electron chi connectivity index (χ0n) is 13.9. The highest BCUT2D eigenvalue weighted by Crippen LogP contribution is 2.23. The van der Waals surface area contributed by atoms with Gasteiger partial charge in [-0.2, -0.15) is 0 Å². The molecule has 122 valence electrons. The van der Waals surface area contributed by atoms with Gasteiger partial charge < -0.3 is 14.5 Å². The minimum atomic E-state index is 0.564. The molecular formula is C18H34N2O. The van der Waals surface area contributed by atoms with Gasteiger partial charge in [-0.1, -0.05) is 6.92 Å². The van der Waals surface area contributed by atoms with E-state index in [1.54, 1.807) is 0 Å². The van der Waals surface area contributed by atoms with E-state index in [1.165, 1.54) is 84.2 Å². The van der Waals surface area contributed by atoms with E-state index in [9.17, 15) is 0 Å². The third-order valence-electron chi connectivity index (χ3n) is 5.79. The van der Waals surface area contributed by atoms with Crippen LogP contribution >= 0.6 is 0 Å². The molecule has 2 unspecified atom stereocenters. The highest BCUT2D eigenvalue weighted by atomic mass is 16.5. The molecule has 0 spiro atoms. The number of piperidine rings is 2. The molecule has 0 aliphatic carbocycles. The van der Waals surface area contributed by atoms with Crippen LogP contribution in [0.4, 0.5) is 0 Å². The van der Waals surface area contributed by atoms with Crippen molar-refractivity contribution in [3.63, 3.8) is 0 Å². The summed E-state index contributed by atoms with van der Waals surface area (Å²) in [5.74, 6) is 1.87. The summed E-state index contributed by atoms with van der Waals surface area (Å²) in [6.07, 6.45) is 10.1. The molecule has 3 nitrogen and oxygen atoms in total. The summed E-state index contributed by atoms with van der Waals surface area (Å²) in [6, 6.07) is 0. The van der Waals surface area contributed by atoms with Crippen molar-refractivity contribution in [1.82, 2.24) is 9.80 Å². The first-order chi connectivity index (χ1) is 10.3. The first kappa shape index (κ1) is 15.8. The number of ether oxygens (including phenoxy) is 1. The van der Waals surface area contributed by atoms with Crippen molar-refractivity contribution in [3.05, 3.63) is 0 Å². The van der Waals surface area contributed by atoms with Gasteiger partial charge in [-0.3, -0.25) is 0 Å². The van der Waals surface area contributed by atoms with Crippen molar-refractivity contribution in [2.75, 3.05) is 45.9 Å². The molecular weight excluding hydrogens is 260 g/mol. The Morgan fingerprint density at radius 2 is 1.81 bits per heavy atom. The number of nitrogens with zero attached hydrogens (tertiary/aromatic N) is 2. The molecule has 0 bridgehead atoms. The zero-order chi connectivity index (χ0) is 14.5. The van der Waals surface area contributed by atoms with Crippen molar-refractivity contribution in [2.24, 2.45) is 11.8 Å². The Bertz CT molecular complexity index is 296. The van der Waals surface area contributed by atoms with E-state index in [4.69, 9.17) is 4.74 Å². The van der Waals surface area contributed by atoms with E-state index < -0.39 is 0 Å². The fourth-order valence-electron chi connectivity index (χ4n) is 4.31. The Balaban J connectivity index is 1.36. The summed E-state index contributed by atoms with van der Waals surface area (Å²) in [5, 5.41) is 0. The maximum absolute atomic E-state index is 5.77. The minimum absolute atomic E-state index is 0.564. The van der Waals surface area contributed by atoms with E-state index in [-0.39, 0.29) is 0 Å².